The van der Waals surface area contributed by atoms with Crippen molar-refractivity contribution >= 4 is 23.7 Å². The molecule has 0 aliphatic rings. The number of esters is 1. The van der Waals surface area contributed by atoms with E-state index in [1.54, 1.807) is 12.1 Å². The number of carbonyl (C=O) groups is 2. The molecule has 1 N–H and O–H groups in total. The van der Waals surface area contributed by atoms with Crippen molar-refractivity contribution in [2.45, 2.75) is 22.4 Å². The summed E-state index contributed by atoms with van der Waals surface area (Å²) in [5, 5.41) is 8.74. The molecule has 25 heavy (non-hydrogen) atoms. The minimum atomic E-state index is -4.64. The molecule has 0 bridgehead atoms. The average molecular weight is 370 g/mol. The zero-order valence-corrected chi connectivity index (χ0v) is 13.8. The summed E-state index contributed by atoms with van der Waals surface area (Å²) in [6.45, 7) is 0. The molecule has 2 rings (SSSR count). The highest BCUT2D eigenvalue weighted by molar-refractivity contribution is 7.99. The van der Waals surface area contributed by atoms with Gasteiger partial charge < -0.3 is 9.84 Å². The van der Waals surface area contributed by atoms with Gasteiger partial charge in [-0.3, -0.25) is 4.79 Å². The molecule has 0 radical (unpaired) electrons. The van der Waals surface area contributed by atoms with Gasteiger partial charge >= 0.3 is 18.1 Å². The van der Waals surface area contributed by atoms with E-state index in [0.717, 1.165) is 17.8 Å². The molecule has 0 atom stereocenters. The number of rotatable bonds is 5. The van der Waals surface area contributed by atoms with E-state index in [1.165, 1.54) is 31.4 Å². The smallest absolute Gasteiger partial charge is 0.416 e. The first-order valence-electron chi connectivity index (χ1n) is 6.99. The van der Waals surface area contributed by atoms with Crippen LogP contribution < -0.4 is 0 Å². The van der Waals surface area contributed by atoms with Crippen LogP contribution in [0.1, 0.15) is 21.5 Å². The number of carboxylic acids is 1. The molecule has 132 valence electrons. The minimum Gasteiger partial charge on any atom is -0.481 e. The third-order valence-corrected chi connectivity index (χ3v) is 4.24. The van der Waals surface area contributed by atoms with Crippen LogP contribution >= 0.6 is 11.8 Å². The fourth-order valence-corrected chi connectivity index (χ4v) is 2.97. The van der Waals surface area contributed by atoms with Gasteiger partial charge in [-0.15, -0.1) is 0 Å². The molecule has 0 aliphatic carbocycles. The maximum atomic E-state index is 13.1. The van der Waals surface area contributed by atoms with Crippen molar-refractivity contribution in [3.8, 4) is 0 Å². The molecule has 0 fully saturated rings. The fourth-order valence-electron chi connectivity index (χ4n) is 2.11. The zero-order chi connectivity index (χ0) is 18.6. The lowest BCUT2D eigenvalue weighted by molar-refractivity contribution is -0.139. The van der Waals surface area contributed by atoms with Crippen LogP contribution in [-0.2, 0) is 22.1 Å². The summed E-state index contributed by atoms with van der Waals surface area (Å²) in [5.41, 5.74) is -0.920. The molecule has 4 nitrogen and oxygen atoms in total. The van der Waals surface area contributed by atoms with Gasteiger partial charge in [0.2, 0.25) is 0 Å². The third-order valence-electron chi connectivity index (χ3n) is 3.24. The zero-order valence-electron chi connectivity index (χ0n) is 13.0. The summed E-state index contributed by atoms with van der Waals surface area (Å²) >= 11 is 1.07. The van der Waals surface area contributed by atoms with E-state index >= 15 is 0 Å². The van der Waals surface area contributed by atoms with Crippen LogP contribution in [0.5, 0.6) is 0 Å². The summed E-state index contributed by atoms with van der Waals surface area (Å²) < 4.78 is 44.0. The summed E-state index contributed by atoms with van der Waals surface area (Å²) in [6, 6.07) is 9.74. The molecule has 0 spiro atoms. The van der Waals surface area contributed by atoms with Crippen molar-refractivity contribution in [1.29, 1.82) is 0 Å². The highest BCUT2D eigenvalue weighted by Gasteiger charge is 2.34. The van der Waals surface area contributed by atoms with E-state index in [4.69, 9.17) is 5.11 Å². The van der Waals surface area contributed by atoms with Crippen molar-refractivity contribution in [2.24, 2.45) is 0 Å². The number of aliphatic carboxylic acids is 1. The van der Waals surface area contributed by atoms with Gasteiger partial charge in [-0.25, -0.2) is 4.79 Å². The second kappa shape index (κ2) is 7.60. The second-order valence-electron chi connectivity index (χ2n) is 5.01. The summed E-state index contributed by atoms with van der Waals surface area (Å²) in [6.07, 6.45) is -5.34. The predicted octanol–water partition coefficient (Wildman–Crippen LogP) is 4.27. The summed E-state index contributed by atoms with van der Waals surface area (Å²) in [4.78, 5) is 23.0. The Balaban J connectivity index is 2.28. The van der Waals surface area contributed by atoms with Gasteiger partial charge in [-0.1, -0.05) is 17.8 Å². The number of alkyl halides is 3. The molecular formula is C17H13F3O4S. The van der Waals surface area contributed by atoms with E-state index in [2.05, 4.69) is 4.74 Å². The number of halogens is 3. The molecule has 8 heteroatoms. The Morgan fingerprint density at radius 2 is 1.68 bits per heavy atom. The highest BCUT2D eigenvalue weighted by Crippen LogP contribution is 2.37. The maximum Gasteiger partial charge on any atom is 0.416 e. The van der Waals surface area contributed by atoms with Gasteiger partial charge in [0.25, 0.3) is 0 Å². The number of ether oxygens (including phenoxy) is 1. The second-order valence-corrected chi connectivity index (χ2v) is 6.15. The average Bonchev–Trinajstić information content (AvgIpc) is 2.55. The Morgan fingerprint density at radius 3 is 2.20 bits per heavy atom. The Kier molecular flexibility index (Phi) is 5.73. The lowest BCUT2D eigenvalue weighted by atomic mass is 10.0. The number of carboxylic acid groups (broad SMARTS) is 1. The van der Waals surface area contributed by atoms with Crippen LogP contribution in [0, 0.1) is 0 Å². The number of hydrogen-bond acceptors (Lipinski definition) is 4. The van der Waals surface area contributed by atoms with Crippen LogP contribution in [0.2, 0.25) is 0 Å². The van der Waals surface area contributed by atoms with Gasteiger partial charge in [-0.2, -0.15) is 13.2 Å². The SMILES string of the molecule is COC(=O)c1ccc(Sc2ccc(CC(=O)O)c(C(F)(F)F)c2)cc1. The van der Waals surface area contributed by atoms with Gasteiger partial charge in [-0.05, 0) is 42.0 Å². The quantitative estimate of drug-likeness (QED) is 0.797. The molecule has 0 amide bonds. The van der Waals surface area contributed by atoms with Crippen LogP contribution in [0.25, 0.3) is 0 Å². The highest BCUT2D eigenvalue weighted by atomic mass is 32.2. The van der Waals surface area contributed by atoms with Crippen molar-refractivity contribution < 1.29 is 32.6 Å². The first kappa shape index (κ1) is 18.9. The van der Waals surface area contributed by atoms with E-state index in [1.807, 2.05) is 0 Å². The number of benzene rings is 2. The summed E-state index contributed by atoms with van der Waals surface area (Å²) in [7, 11) is 1.25. The predicted molar refractivity (Wildman–Crippen MR) is 84.7 cm³/mol. The van der Waals surface area contributed by atoms with Crippen molar-refractivity contribution in [3.63, 3.8) is 0 Å². The Labute approximate surface area is 145 Å². The molecule has 0 unspecified atom stereocenters. The maximum absolute atomic E-state index is 13.1. The molecule has 0 aromatic heterocycles. The van der Waals surface area contributed by atoms with Crippen LogP contribution in [0.15, 0.2) is 52.3 Å². The van der Waals surface area contributed by atoms with Gasteiger partial charge in [0, 0.05) is 9.79 Å². The minimum absolute atomic E-state index is 0.287. The van der Waals surface area contributed by atoms with E-state index in [9.17, 15) is 22.8 Å². The van der Waals surface area contributed by atoms with Gasteiger partial charge in [0.15, 0.2) is 0 Å². The standard InChI is InChI=1S/C17H13F3O4S/c1-24-16(23)10-2-5-12(6-3-10)25-13-7-4-11(8-15(21)22)14(9-13)17(18,19)20/h2-7,9H,8H2,1H3,(H,21,22). The lowest BCUT2D eigenvalue weighted by Crippen LogP contribution is -2.12. The lowest BCUT2D eigenvalue weighted by Gasteiger charge is -2.13. The molecule has 0 saturated heterocycles. The molecule has 2 aromatic rings. The molecular weight excluding hydrogens is 357 g/mol. The fraction of sp³-hybridized carbons (Fsp3) is 0.176. The van der Waals surface area contributed by atoms with Crippen molar-refractivity contribution in [1.82, 2.24) is 0 Å². The normalized spacial score (nSPS) is 11.2. The largest absolute Gasteiger partial charge is 0.481 e. The Hall–Kier alpha value is -2.48. The topological polar surface area (TPSA) is 63.6 Å². The number of methoxy groups -OCH3 is 1. The van der Waals surface area contributed by atoms with Gasteiger partial charge in [0.1, 0.15) is 0 Å². The number of carbonyl (C=O) groups excluding carboxylic acids is 1. The molecule has 0 saturated carbocycles. The Morgan fingerprint density at radius 1 is 1.08 bits per heavy atom. The van der Waals surface area contributed by atoms with Crippen LogP contribution in [-0.4, -0.2) is 24.2 Å². The van der Waals surface area contributed by atoms with E-state index in [0.29, 0.717) is 15.4 Å². The van der Waals surface area contributed by atoms with Crippen LogP contribution in [0.3, 0.4) is 0 Å². The summed E-state index contributed by atoms with van der Waals surface area (Å²) in [5.74, 6) is -1.83. The molecule has 2 aromatic carbocycles. The van der Waals surface area contributed by atoms with Crippen LogP contribution in [0.4, 0.5) is 13.2 Å². The molecule has 0 heterocycles. The number of hydrogen-bond donors (Lipinski definition) is 1. The first-order chi connectivity index (χ1) is 11.7. The Bertz CT molecular complexity index is 785. The van der Waals surface area contributed by atoms with Gasteiger partial charge in [0.05, 0.1) is 24.7 Å². The molecule has 0 aliphatic heterocycles. The van der Waals surface area contributed by atoms with Crippen molar-refractivity contribution in [3.05, 3.63) is 59.2 Å². The van der Waals surface area contributed by atoms with E-state index in [-0.39, 0.29) is 5.56 Å². The monoisotopic (exact) mass is 370 g/mol. The first-order valence-corrected chi connectivity index (χ1v) is 7.80. The van der Waals surface area contributed by atoms with E-state index < -0.39 is 30.1 Å². The van der Waals surface area contributed by atoms with Crippen molar-refractivity contribution in [2.75, 3.05) is 7.11 Å². The third kappa shape index (κ3) is 4.99.